The fraction of sp³-hybridized carbons (Fsp3) is 0.545. The fourth-order valence-corrected chi connectivity index (χ4v) is 2.48. The van der Waals surface area contributed by atoms with E-state index in [1.807, 2.05) is 0 Å². The molecule has 0 aliphatic carbocycles. The normalized spacial score (nSPS) is 12.0. The number of aliphatic hydroxyl groups is 1. The first kappa shape index (κ1) is 15.0. The molecule has 0 aromatic carbocycles. The van der Waals surface area contributed by atoms with Crippen molar-refractivity contribution in [3.8, 4) is 0 Å². The third-order valence-corrected chi connectivity index (χ3v) is 4.25. The van der Waals surface area contributed by atoms with Gasteiger partial charge in [0.1, 0.15) is 0 Å². The number of hydrogen-bond acceptors (Lipinski definition) is 5. The van der Waals surface area contributed by atoms with Crippen molar-refractivity contribution in [2.45, 2.75) is 18.1 Å². The monoisotopic (exact) mass is 274 g/mol. The fourth-order valence-electron chi connectivity index (χ4n) is 1.37. The minimum absolute atomic E-state index is 0.0142. The van der Waals surface area contributed by atoms with Gasteiger partial charge in [-0.15, -0.1) is 0 Å². The minimum atomic E-state index is -3.56. The molecular weight excluding hydrogens is 256 g/mol. The number of ether oxygens (including phenoxy) is 1. The molecular formula is C11H18N2O4S. The van der Waals surface area contributed by atoms with Crippen molar-refractivity contribution >= 4 is 10.0 Å². The van der Waals surface area contributed by atoms with Crippen molar-refractivity contribution in [1.29, 1.82) is 0 Å². The Labute approximate surface area is 107 Å². The van der Waals surface area contributed by atoms with E-state index in [0.717, 1.165) is 0 Å². The molecule has 6 nitrogen and oxygen atoms in total. The number of pyridine rings is 1. The summed E-state index contributed by atoms with van der Waals surface area (Å²) < 4.78 is 30.3. The van der Waals surface area contributed by atoms with Crippen molar-refractivity contribution in [3.63, 3.8) is 0 Å². The predicted octanol–water partition coefficient (Wildman–Crippen LogP) is 0.231. The molecule has 1 N–H and O–H groups in total. The zero-order chi connectivity index (χ0) is 13.6. The van der Waals surface area contributed by atoms with Crippen molar-refractivity contribution in [2.75, 3.05) is 27.3 Å². The average Bonchev–Trinajstić information content (AvgIpc) is 2.39. The summed E-state index contributed by atoms with van der Waals surface area (Å²) in [6.45, 7) is 0.730. The van der Waals surface area contributed by atoms with Crippen LogP contribution in [0.4, 0.5) is 0 Å². The molecule has 0 saturated carbocycles. The molecule has 7 heteroatoms. The van der Waals surface area contributed by atoms with Crippen molar-refractivity contribution < 1.29 is 18.3 Å². The summed E-state index contributed by atoms with van der Waals surface area (Å²) in [4.78, 5) is 3.85. The second-order valence-corrected chi connectivity index (χ2v) is 5.83. The Morgan fingerprint density at radius 1 is 1.44 bits per heavy atom. The zero-order valence-corrected chi connectivity index (χ0v) is 11.4. The van der Waals surface area contributed by atoms with E-state index in [1.54, 1.807) is 13.2 Å². The smallest absolute Gasteiger partial charge is 0.260 e. The quantitative estimate of drug-likeness (QED) is 0.720. The van der Waals surface area contributed by atoms with E-state index < -0.39 is 10.0 Å². The maximum atomic E-state index is 12.1. The number of methoxy groups -OCH3 is 1. The lowest BCUT2D eigenvalue weighted by atomic mass is 10.3. The number of aliphatic hydroxyl groups excluding tert-OH is 1. The number of rotatable bonds is 7. The van der Waals surface area contributed by atoms with Gasteiger partial charge in [-0.1, -0.05) is 6.07 Å². The molecule has 18 heavy (non-hydrogen) atoms. The maximum absolute atomic E-state index is 12.1. The van der Waals surface area contributed by atoms with Gasteiger partial charge in [-0.2, -0.15) is 4.31 Å². The summed E-state index contributed by atoms with van der Waals surface area (Å²) in [6.07, 6.45) is 1.98. The van der Waals surface area contributed by atoms with E-state index in [0.29, 0.717) is 25.1 Å². The molecule has 1 aromatic rings. The van der Waals surface area contributed by atoms with Gasteiger partial charge in [-0.25, -0.2) is 13.4 Å². The largest absolute Gasteiger partial charge is 0.392 e. The van der Waals surface area contributed by atoms with Gasteiger partial charge in [0.15, 0.2) is 5.03 Å². The lowest BCUT2D eigenvalue weighted by molar-refractivity contribution is 0.189. The second kappa shape index (κ2) is 6.79. The molecule has 0 amide bonds. The Morgan fingerprint density at radius 2 is 2.17 bits per heavy atom. The van der Waals surface area contributed by atoms with E-state index in [9.17, 15) is 8.42 Å². The maximum Gasteiger partial charge on any atom is 0.260 e. The van der Waals surface area contributed by atoms with Crippen LogP contribution in [0.15, 0.2) is 23.4 Å². The predicted molar refractivity (Wildman–Crippen MR) is 66.5 cm³/mol. The first-order valence-electron chi connectivity index (χ1n) is 5.53. The van der Waals surface area contributed by atoms with E-state index in [4.69, 9.17) is 9.84 Å². The minimum Gasteiger partial charge on any atom is -0.392 e. The van der Waals surface area contributed by atoms with Crippen LogP contribution in [-0.4, -0.2) is 50.1 Å². The van der Waals surface area contributed by atoms with Crippen molar-refractivity contribution in [3.05, 3.63) is 23.9 Å². The summed E-state index contributed by atoms with van der Waals surface area (Å²) in [7, 11) is -0.480. The van der Waals surface area contributed by atoms with Crippen molar-refractivity contribution in [2.24, 2.45) is 0 Å². The van der Waals surface area contributed by atoms with Gasteiger partial charge < -0.3 is 9.84 Å². The first-order valence-corrected chi connectivity index (χ1v) is 6.97. The lowest BCUT2D eigenvalue weighted by Gasteiger charge is -2.16. The molecule has 0 saturated heterocycles. The molecule has 0 aliphatic rings. The van der Waals surface area contributed by atoms with E-state index in [2.05, 4.69) is 4.98 Å². The number of hydrogen-bond donors (Lipinski definition) is 1. The highest BCUT2D eigenvalue weighted by atomic mass is 32.2. The topological polar surface area (TPSA) is 79.7 Å². The molecule has 0 atom stereocenters. The molecule has 0 aliphatic heterocycles. The molecule has 1 aromatic heterocycles. The molecule has 0 fully saturated rings. The highest BCUT2D eigenvalue weighted by Crippen LogP contribution is 2.12. The highest BCUT2D eigenvalue weighted by Gasteiger charge is 2.21. The van der Waals surface area contributed by atoms with Crippen LogP contribution in [0.5, 0.6) is 0 Å². The first-order chi connectivity index (χ1) is 8.52. The molecule has 1 rings (SSSR count). The molecule has 1 heterocycles. The van der Waals surface area contributed by atoms with Gasteiger partial charge in [-0.05, 0) is 18.1 Å². The van der Waals surface area contributed by atoms with Gasteiger partial charge in [0, 0.05) is 33.5 Å². The van der Waals surface area contributed by atoms with Crippen LogP contribution >= 0.6 is 0 Å². The Balaban J connectivity index is 2.77. The van der Waals surface area contributed by atoms with Crippen LogP contribution in [-0.2, 0) is 21.4 Å². The van der Waals surface area contributed by atoms with E-state index >= 15 is 0 Å². The summed E-state index contributed by atoms with van der Waals surface area (Å²) in [5, 5.41) is 8.86. The molecule has 0 radical (unpaired) electrons. The Morgan fingerprint density at radius 3 is 2.67 bits per heavy atom. The lowest BCUT2D eigenvalue weighted by Crippen LogP contribution is -2.29. The van der Waals surface area contributed by atoms with Gasteiger partial charge >= 0.3 is 0 Å². The van der Waals surface area contributed by atoms with Gasteiger partial charge in [0.05, 0.1) is 6.61 Å². The van der Waals surface area contributed by atoms with Crippen LogP contribution in [0, 0.1) is 0 Å². The van der Waals surface area contributed by atoms with Gasteiger partial charge in [0.2, 0.25) is 0 Å². The van der Waals surface area contributed by atoms with Crippen LogP contribution in [0.3, 0.4) is 0 Å². The second-order valence-electron chi connectivity index (χ2n) is 3.84. The number of sulfonamides is 1. The Kier molecular flexibility index (Phi) is 5.67. The van der Waals surface area contributed by atoms with Crippen LogP contribution in [0.1, 0.15) is 12.0 Å². The SMILES string of the molecule is COCCCN(C)S(=O)(=O)c1ccc(CO)cn1. The summed E-state index contributed by atoms with van der Waals surface area (Å²) in [5.41, 5.74) is 0.580. The third kappa shape index (κ3) is 3.74. The summed E-state index contributed by atoms with van der Waals surface area (Å²) in [6, 6.07) is 2.94. The Bertz CT molecular complexity index is 458. The van der Waals surface area contributed by atoms with Crippen molar-refractivity contribution in [1.82, 2.24) is 9.29 Å². The molecule has 0 unspecified atom stereocenters. The zero-order valence-electron chi connectivity index (χ0n) is 10.5. The van der Waals surface area contributed by atoms with Gasteiger partial charge in [-0.3, -0.25) is 0 Å². The summed E-state index contributed by atoms with van der Waals surface area (Å²) >= 11 is 0. The van der Waals surface area contributed by atoms with Crippen LogP contribution in [0.25, 0.3) is 0 Å². The van der Waals surface area contributed by atoms with Crippen LogP contribution in [0.2, 0.25) is 0 Å². The summed E-state index contributed by atoms with van der Waals surface area (Å²) in [5.74, 6) is 0. The molecule has 0 spiro atoms. The van der Waals surface area contributed by atoms with E-state index in [1.165, 1.54) is 23.6 Å². The molecule has 102 valence electrons. The average molecular weight is 274 g/mol. The third-order valence-electron chi connectivity index (χ3n) is 2.48. The number of aromatic nitrogens is 1. The number of nitrogens with zero attached hydrogens (tertiary/aromatic N) is 2. The van der Waals surface area contributed by atoms with Crippen LogP contribution < -0.4 is 0 Å². The Hall–Kier alpha value is -1.02. The van der Waals surface area contributed by atoms with Gasteiger partial charge in [0.25, 0.3) is 10.0 Å². The standard InChI is InChI=1S/C11H18N2O4S/c1-13(6-3-7-17-2)18(15,16)11-5-4-10(9-14)8-12-11/h4-5,8,14H,3,6-7,9H2,1-2H3. The molecule has 0 bridgehead atoms. The highest BCUT2D eigenvalue weighted by molar-refractivity contribution is 7.89. The van der Waals surface area contributed by atoms with E-state index in [-0.39, 0.29) is 11.6 Å².